The van der Waals surface area contributed by atoms with Gasteiger partial charge in [0.15, 0.2) is 0 Å². The monoisotopic (exact) mass is 252 g/mol. The lowest BCUT2D eigenvalue weighted by molar-refractivity contribution is 0.378. The van der Waals surface area contributed by atoms with Gasteiger partial charge in [-0.2, -0.15) is 0 Å². The zero-order chi connectivity index (χ0) is 12.3. The van der Waals surface area contributed by atoms with Gasteiger partial charge in [0.2, 0.25) is 10.0 Å². The summed E-state index contributed by atoms with van der Waals surface area (Å²) in [6.45, 7) is 8.06. The van der Waals surface area contributed by atoms with Crippen molar-refractivity contribution in [2.24, 2.45) is 11.1 Å². The topological polar surface area (TPSA) is 72.2 Å². The molecular formula is C9H20N2O2S2. The lowest BCUT2D eigenvalue weighted by Gasteiger charge is -2.19. The third-order valence-electron chi connectivity index (χ3n) is 2.04. The van der Waals surface area contributed by atoms with E-state index in [9.17, 15) is 8.42 Å². The summed E-state index contributed by atoms with van der Waals surface area (Å²) in [4.78, 5) is -0.00161. The van der Waals surface area contributed by atoms with Crippen LogP contribution in [-0.2, 0) is 10.0 Å². The number of nitrogens with two attached hydrogens (primary N) is 1. The van der Waals surface area contributed by atoms with Gasteiger partial charge in [0.05, 0.1) is 4.99 Å². The zero-order valence-corrected chi connectivity index (χ0v) is 11.3. The molecule has 0 aromatic rings. The molecule has 90 valence electrons. The van der Waals surface area contributed by atoms with E-state index < -0.39 is 15.3 Å². The van der Waals surface area contributed by atoms with Gasteiger partial charge in [0.25, 0.3) is 0 Å². The second kappa shape index (κ2) is 5.23. The Morgan fingerprint density at radius 2 is 1.93 bits per heavy atom. The molecule has 0 aliphatic rings. The van der Waals surface area contributed by atoms with Gasteiger partial charge in [-0.15, -0.1) is 0 Å². The highest BCUT2D eigenvalue weighted by atomic mass is 32.2. The molecule has 3 N–H and O–H groups in total. The maximum atomic E-state index is 11.6. The van der Waals surface area contributed by atoms with E-state index in [1.807, 2.05) is 0 Å². The maximum absolute atomic E-state index is 11.6. The van der Waals surface area contributed by atoms with Gasteiger partial charge in [0.1, 0.15) is 5.25 Å². The minimum Gasteiger partial charge on any atom is -0.392 e. The van der Waals surface area contributed by atoms with Crippen molar-refractivity contribution >= 4 is 27.2 Å². The standard InChI is InChI=1S/C9H20N2O2S2/c1-7(8(10)14)15(12,13)11-6-5-9(2,3)4/h7,11H,5-6H2,1-4H3,(H2,10,14). The quantitative estimate of drug-likeness (QED) is 0.717. The molecule has 0 radical (unpaired) electrons. The molecule has 0 fully saturated rings. The minimum absolute atomic E-state index is 0.00161. The van der Waals surface area contributed by atoms with Crippen molar-refractivity contribution in [1.82, 2.24) is 4.72 Å². The smallest absolute Gasteiger partial charge is 0.220 e. The molecular weight excluding hydrogens is 232 g/mol. The summed E-state index contributed by atoms with van der Waals surface area (Å²) in [5, 5.41) is -0.813. The fourth-order valence-corrected chi connectivity index (χ4v) is 2.17. The van der Waals surface area contributed by atoms with E-state index in [1.54, 1.807) is 0 Å². The first-order valence-corrected chi connectivity index (χ1v) is 6.79. The molecule has 0 saturated heterocycles. The van der Waals surface area contributed by atoms with Gasteiger partial charge in [-0.05, 0) is 18.8 Å². The number of sulfonamides is 1. The Labute approximate surface area is 97.7 Å². The fraction of sp³-hybridized carbons (Fsp3) is 0.889. The third kappa shape index (κ3) is 6.06. The Kier molecular flexibility index (Phi) is 5.16. The van der Waals surface area contributed by atoms with Crippen LogP contribution in [0.15, 0.2) is 0 Å². The second-order valence-electron chi connectivity index (χ2n) is 4.79. The summed E-state index contributed by atoms with van der Waals surface area (Å²) in [7, 11) is -3.40. The van der Waals surface area contributed by atoms with E-state index in [0.29, 0.717) is 6.54 Å². The largest absolute Gasteiger partial charge is 0.392 e. The molecule has 0 aliphatic heterocycles. The SMILES string of the molecule is CC(C(N)=S)S(=O)(=O)NCCC(C)(C)C. The molecule has 0 amide bonds. The molecule has 15 heavy (non-hydrogen) atoms. The Balaban J connectivity index is 4.24. The minimum atomic E-state index is -3.40. The summed E-state index contributed by atoms with van der Waals surface area (Å²) in [6.07, 6.45) is 0.774. The van der Waals surface area contributed by atoms with Crippen LogP contribution in [0.2, 0.25) is 0 Å². The molecule has 0 saturated carbocycles. The fourth-order valence-electron chi connectivity index (χ4n) is 0.846. The second-order valence-corrected chi connectivity index (χ2v) is 7.35. The average Bonchev–Trinajstić information content (AvgIpc) is 1.99. The first-order chi connectivity index (χ1) is 6.56. The van der Waals surface area contributed by atoms with E-state index in [2.05, 4.69) is 37.7 Å². The predicted molar refractivity (Wildman–Crippen MR) is 67.2 cm³/mol. The van der Waals surface area contributed by atoms with Crippen molar-refractivity contribution < 1.29 is 8.42 Å². The van der Waals surface area contributed by atoms with Crippen molar-refractivity contribution in [2.75, 3.05) is 6.54 Å². The van der Waals surface area contributed by atoms with Crippen LogP contribution in [0.1, 0.15) is 34.1 Å². The Morgan fingerprint density at radius 1 is 1.47 bits per heavy atom. The highest BCUT2D eigenvalue weighted by Gasteiger charge is 2.23. The molecule has 0 spiro atoms. The summed E-state index contributed by atoms with van der Waals surface area (Å²) < 4.78 is 25.7. The Hall–Kier alpha value is -0.200. The predicted octanol–water partition coefficient (Wildman–Crippen LogP) is 1.02. The summed E-state index contributed by atoms with van der Waals surface area (Å²) in [6, 6.07) is 0. The molecule has 1 unspecified atom stereocenters. The van der Waals surface area contributed by atoms with Gasteiger partial charge in [-0.25, -0.2) is 13.1 Å². The van der Waals surface area contributed by atoms with Gasteiger partial charge in [-0.1, -0.05) is 33.0 Å². The molecule has 0 bridgehead atoms. The molecule has 0 aliphatic carbocycles. The molecule has 6 heteroatoms. The molecule has 1 atom stereocenters. The van der Waals surface area contributed by atoms with E-state index in [1.165, 1.54) is 6.92 Å². The summed E-state index contributed by atoms with van der Waals surface area (Å²) >= 11 is 4.65. The van der Waals surface area contributed by atoms with Crippen molar-refractivity contribution in [1.29, 1.82) is 0 Å². The van der Waals surface area contributed by atoms with Gasteiger partial charge < -0.3 is 5.73 Å². The van der Waals surface area contributed by atoms with Crippen LogP contribution in [0.3, 0.4) is 0 Å². The van der Waals surface area contributed by atoms with Crippen molar-refractivity contribution in [2.45, 2.75) is 39.4 Å². The lowest BCUT2D eigenvalue weighted by Crippen LogP contribution is -2.40. The van der Waals surface area contributed by atoms with Gasteiger partial charge in [0, 0.05) is 6.54 Å². The number of rotatable bonds is 5. The first kappa shape index (κ1) is 14.8. The van der Waals surface area contributed by atoms with Crippen LogP contribution >= 0.6 is 12.2 Å². The highest BCUT2D eigenvalue weighted by molar-refractivity contribution is 7.93. The van der Waals surface area contributed by atoms with E-state index in [4.69, 9.17) is 5.73 Å². The van der Waals surface area contributed by atoms with Crippen molar-refractivity contribution in [3.63, 3.8) is 0 Å². The van der Waals surface area contributed by atoms with Crippen LogP contribution in [0.25, 0.3) is 0 Å². The van der Waals surface area contributed by atoms with Gasteiger partial charge >= 0.3 is 0 Å². The normalized spacial score (nSPS) is 14.9. The zero-order valence-electron chi connectivity index (χ0n) is 9.70. The first-order valence-electron chi connectivity index (χ1n) is 4.84. The van der Waals surface area contributed by atoms with Crippen LogP contribution in [0.5, 0.6) is 0 Å². The van der Waals surface area contributed by atoms with E-state index in [-0.39, 0.29) is 10.4 Å². The molecule has 0 aromatic heterocycles. The summed E-state index contributed by atoms with van der Waals surface area (Å²) in [5.41, 5.74) is 5.40. The average molecular weight is 252 g/mol. The maximum Gasteiger partial charge on any atom is 0.220 e. The van der Waals surface area contributed by atoms with Crippen LogP contribution in [0, 0.1) is 5.41 Å². The number of nitrogens with one attached hydrogen (secondary N) is 1. The van der Waals surface area contributed by atoms with Gasteiger partial charge in [-0.3, -0.25) is 0 Å². The van der Waals surface area contributed by atoms with Crippen molar-refractivity contribution in [3.05, 3.63) is 0 Å². The van der Waals surface area contributed by atoms with Crippen molar-refractivity contribution in [3.8, 4) is 0 Å². The van der Waals surface area contributed by atoms with Crippen LogP contribution < -0.4 is 10.5 Å². The van der Waals surface area contributed by atoms with Crippen LogP contribution in [0.4, 0.5) is 0 Å². The number of thiocarbonyl (C=S) groups is 1. The van der Waals surface area contributed by atoms with E-state index >= 15 is 0 Å². The molecule has 0 heterocycles. The summed E-state index contributed by atoms with van der Waals surface area (Å²) in [5.74, 6) is 0. The molecule has 0 rings (SSSR count). The number of hydrogen-bond acceptors (Lipinski definition) is 3. The number of hydrogen-bond donors (Lipinski definition) is 2. The molecule has 0 aromatic carbocycles. The lowest BCUT2D eigenvalue weighted by atomic mass is 9.93. The van der Waals surface area contributed by atoms with E-state index in [0.717, 1.165) is 6.42 Å². The highest BCUT2D eigenvalue weighted by Crippen LogP contribution is 2.17. The Morgan fingerprint density at radius 3 is 2.27 bits per heavy atom. The molecule has 4 nitrogen and oxygen atoms in total. The van der Waals surface area contributed by atoms with Crippen LogP contribution in [-0.4, -0.2) is 25.2 Å². The Bertz CT molecular complexity index is 317. The third-order valence-corrected chi connectivity index (χ3v) is 4.34.